The van der Waals surface area contributed by atoms with Gasteiger partial charge in [0.15, 0.2) is 6.79 Å². The van der Waals surface area contributed by atoms with Crippen LogP contribution in [0, 0.1) is 5.82 Å². The fourth-order valence-corrected chi connectivity index (χ4v) is 3.28. The van der Waals surface area contributed by atoms with Gasteiger partial charge in [0, 0.05) is 17.7 Å². The van der Waals surface area contributed by atoms with Crippen LogP contribution >= 0.6 is 0 Å². The SMILES string of the molecule is CCOC(=O)C1CCCCN1Cc1cc(F)cc2c1OCOC2. The minimum absolute atomic E-state index is 0.174. The highest BCUT2D eigenvalue weighted by Crippen LogP contribution is 2.32. The smallest absolute Gasteiger partial charge is 0.323 e. The third-order valence-electron chi connectivity index (χ3n) is 4.30. The van der Waals surface area contributed by atoms with Crippen LogP contribution in [-0.4, -0.2) is 36.9 Å². The number of benzene rings is 1. The molecule has 0 saturated carbocycles. The zero-order chi connectivity index (χ0) is 16.2. The fourth-order valence-electron chi connectivity index (χ4n) is 3.28. The van der Waals surface area contributed by atoms with Crippen LogP contribution in [0.5, 0.6) is 5.75 Å². The number of likely N-dealkylation sites (tertiary alicyclic amines) is 1. The number of hydrogen-bond donors (Lipinski definition) is 0. The van der Waals surface area contributed by atoms with E-state index in [0.29, 0.717) is 25.5 Å². The summed E-state index contributed by atoms with van der Waals surface area (Å²) in [6, 6.07) is 2.67. The topological polar surface area (TPSA) is 48.0 Å². The van der Waals surface area contributed by atoms with Crippen molar-refractivity contribution < 1.29 is 23.4 Å². The quantitative estimate of drug-likeness (QED) is 0.797. The average molecular weight is 323 g/mol. The van der Waals surface area contributed by atoms with Gasteiger partial charge in [0.1, 0.15) is 17.6 Å². The van der Waals surface area contributed by atoms with Gasteiger partial charge < -0.3 is 14.2 Å². The molecule has 23 heavy (non-hydrogen) atoms. The van der Waals surface area contributed by atoms with Crippen molar-refractivity contribution >= 4 is 5.97 Å². The van der Waals surface area contributed by atoms with E-state index < -0.39 is 0 Å². The summed E-state index contributed by atoms with van der Waals surface area (Å²) in [6.45, 7) is 3.98. The molecule has 3 rings (SSSR count). The molecule has 0 aliphatic carbocycles. The van der Waals surface area contributed by atoms with Gasteiger partial charge in [0.05, 0.1) is 13.2 Å². The summed E-state index contributed by atoms with van der Waals surface area (Å²) in [6.07, 6.45) is 2.81. The molecule has 1 aromatic carbocycles. The molecule has 0 radical (unpaired) electrons. The van der Waals surface area contributed by atoms with Crippen molar-refractivity contribution in [2.75, 3.05) is 19.9 Å². The Kier molecular flexibility index (Phi) is 5.13. The molecule has 2 aliphatic heterocycles. The van der Waals surface area contributed by atoms with Crippen LogP contribution in [0.2, 0.25) is 0 Å². The van der Waals surface area contributed by atoms with Crippen LogP contribution in [0.15, 0.2) is 12.1 Å². The first kappa shape index (κ1) is 16.2. The molecule has 126 valence electrons. The average Bonchev–Trinajstić information content (AvgIpc) is 2.55. The number of piperidine rings is 1. The lowest BCUT2D eigenvalue weighted by Crippen LogP contribution is -2.45. The molecule has 0 aromatic heterocycles. The standard InChI is InChI=1S/C17H22FNO4/c1-2-22-17(20)15-5-3-4-6-19(15)9-12-7-14(18)8-13-10-21-11-23-16(12)13/h7-8,15H,2-6,9-11H2,1H3. The zero-order valence-electron chi connectivity index (χ0n) is 13.3. The molecular weight excluding hydrogens is 301 g/mol. The van der Waals surface area contributed by atoms with Crippen LogP contribution in [-0.2, 0) is 27.4 Å². The Hall–Kier alpha value is -1.66. The summed E-state index contributed by atoms with van der Waals surface area (Å²) in [5.41, 5.74) is 1.48. The van der Waals surface area contributed by atoms with Crippen LogP contribution in [0.4, 0.5) is 4.39 Å². The molecule has 2 aliphatic rings. The molecule has 1 aromatic rings. The summed E-state index contributed by atoms with van der Waals surface area (Å²) in [5.74, 6) is 0.185. The van der Waals surface area contributed by atoms with Crippen LogP contribution < -0.4 is 4.74 Å². The van der Waals surface area contributed by atoms with Crippen LogP contribution in [0.25, 0.3) is 0 Å². The van der Waals surface area contributed by atoms with Gasteiger partial charge in [0.25, 0.3) is 0 Å². The second kappa shape index (κ2) is 7.27. The number of ether oxygens (including phenoxy) is 3. The Morgan fingerprint density at radius 3 is 3.13 bits per heavy atom. The number of nitrogens with zero attached hydrogens (tertiary/aromatic N) is 1. The number of esters is 1. The summed E-state index contributed by atoms with van der Waals surface area (Å²) >= 11 is 0. The van der Waals surface area contributed by atoms with E-state index in [1.807, 2.05) is 6.92 Å². The molecule has 0 N–H and O–H groups in total. The Balaban J connectivity index is 1.82. The molecular formula is C17H22FNO4. The Morgan fingerprint density at radius 1 is 1.43 bits per heavy atom. The maximum Gasteiger partial charge on any atom is 0.323 e. The Morgan fingerprint density at radius 2 is 2.30 bits per heavy atom. The molecule has 1 fully saturated rings. The zero-order valence-corrected chi connectivity index (χ0v) is 13.3. The first-order valence-electron chi connectivity index (χ1n) is 8.11. The first-order valence-corrected chi connectivity index (χ1v) is 8.11. The number of rotatable bonds is 4. The lowest BCUT2D eigenvalue weighted by atomic mass is 10.00. The molecule has 0 amide bonds. The number of carbonyl (C=O) groups excluding carboxylic acids is 1. The van der Waals surface area contributed by atoms with Crippen molar-refractivity contribution in [2.45, 2.75) is 45.4 Å². The molecule has 6 heteroatoms. The van der Waals surface area contributed by atoms with E-state index in [-0.39, 0.29) is 24.6 Å². The first-order chi connectivity index (χ1) is 11.2. The maximum atomic E-state index is 13.9. The molecule has 1 saturated heterocycles. The van der Waals surface area contributed by atoms with E-state index in [2.05, 4.69) is 4.90 Å². The normalized spacial score (nSPS) is 21.4. The predicted octanol–water partition coefficient (Wildman–Crippen LogP) is 2.61. The highest BCUT2D eigenvalue weighted by atomic mass is 19.1. The second-order valence-corrected chi connectivity index (χ2v) is 5.90. The monoisotopic (exact) mass is 323 g/mol. The third kappa shape index (κ3) is 3.64. The van der Waals surface area contributed by atoms with Crippen molar-refractivity contribution in [2.24, 2.45) is 0 Å². The number of hydrogen-bond acceptors (Lipinski definition) is 5. The van der Waals surface area contributed by atoms with Gasteiger partial charge in [-0.15, -0.1) is 0 Å². The van der Waals surface area contributed by atoms with E-state index in [0.717, 1.165) is 36.9 Å². The third-order valence-corrected chi connectivity index (χ3v) is 4.30. The largest absolute Gasteiger partial charge is 0.467 e. The van der Waals surface area contributed by atoms with Gasteiger partial charge in [-0.05, 0) is 38.4 Å². The summed E-state index contributed by atoms with van der Waals surface area (Å²) in [7, 11) is 0. The predicted molar refractivity (Wildman–Crippen MR) is 81.4 cm³/mol. The minimum Gasteiger partial charge on any atom is -0.467 e. The number of halogens is 1. The van der Waals surface area contributed by atoms with Crippen molar-refractivity contribution in [1.82, 2.24) is 4.90 Å². The Bertz CT molecular complexity index is 578. The lowest BCUT2D eigenvalue weighted by Gasteiger charge is -2.34. The molecule has 1 atom stereocenters. The van der Waals surface area contributed by atoms with Gasteiger partial charge in [0.2, 0.25) is 0 Å². The lowest BCUT2D eigenvalue weighted by molar-refractivity contribution is -0.151. The molecule has 5 nitrogen and oxygen atoms in total. The molecule has 1 unspecified atom stereocenters. The highest BCUT2D eigenvalue weighted by Gasteiger charge is 2.31. The van der Waals surface area contributed by atoms with E-state index in [1.54, 1.807) is 0 Å². The Labute approximate surface area is 135 Å². The van der Waals surface area contributed by atoms with Gasteiger partial charge in [-0.1, -0.05) is 6.42 Å². The minimum atomic E-state index is -0.308. The van der Waals surface area contributed by atoms with Gasteiger partial charge in [-0.3, -0.25) is 9.69 Å². The van der Waals surface area contributed by atoms with Crippen molar-refractivity contribution in [3.8, 4) is 5.75 Å². The molecule has 0 bridgehead atoms. The molecule has 2 heterocycles. The van der Waals surface area contributed by atoms with E-state index in [4.69, 9.17) is 14.2 Å². The highest BCUT2D eigenvalue weighted by molar-refractivity contribution is 5.75. The maximum absolute atomic E-state index is 13.9. The van der Waals surface area contributed by atoms with E-state index in [1.165, 1.54) is 12.1 Å². The number of fused-ring (bicyclic) bond motifs is 1. The van der Waals surface area contributed by atoms with Crippen molar-refractivity contribution in [1.29, 1.82) is 0 Å². The fraction of sp³-hybridized carbons (Fsp3) is 0.588. The number of carbonyl (C=O) groups is 1. The van der Waals surface area contributed by atoms with Crippen molar-refractivity contribution in [3.63, 3.8) is 0 Å². The van der Waals surface area contributed by atoms with Crippen molar-refractivity contribution in [3.05, 3.63) is 29.1 Å². The van der Waals surface area contributed by atoms with Crippen LogP contribution in [0.1, 0.15) is 37.3 Å². The van der Waals surface area contributed by atoms with Crippen LogP contribution in [0.3, 0.4) is 0 Å². The summed E-state index contributed by atoms with van der Waals surface area (Å²) in [4.78, 5) is 14.2. The summed E-state index contributed by atoms with van der Waals surface area (Å²) < 4.78 is 29.8. The second-order valence-electron chi connectivity index (χ2n) is 5.90. The summed E-state index contributed by atoms with van der Waals surface area (Å²) in [5, 5.41) is 0. The molecule has 0 spiro atoms. The van der Waals surface area contributed by atoms with Gasteiger partial charge >= 0.3 is 5.97 Å². The van der Waals surface area contributed by atoms with E-state index in [9.17, 15) is 9.18 Å². The van der Waals surface area contributed by atoms with E-state index >= 15 is 0 Å². The van der Waals surface area contributed by atoms with Gasteiger partial charge in [-0.25, -0.2) is 4.39 Å². The van der Waals surface area contributed by atoms with Gasteiger partial charge in [-0.2, -0.15) is 0 Å².